The van der Waals surface area contributed by atoms with Crippen molar-refractivity contribution in [3.8, 4) is 0 Å². The van der Waals surface area contributed by atoms with Crippen LogP contribution in [0.1, 0.15) is 6.92 Å². The highest BCUT2D eigenvalue weighted by Crippen LogP contribution is 2.35. The van der Waals surface area contributed by atoms with Crippen LogP contribution in [0.2, 0.25) is 0 Å². The summed E-state index contributed by atoms with van der Waals surface area (Å²) in [4.78, 5) is 0. The quantitative estimate of drug-likeness (QED) is 0.528. The molecule has 0 spiro atoms. The van der Waals surface area contributed by atoms with Crippen molar-refractivity contribution >= 4 is 0 Å². The van der Waals surface area contributed by atoms with E-state index < -0.39 is 12.1 Å². The predicted molar refractivity (Wildman–Crippen MR) is 41.6 cm³/mol. The van der Waals surface area contributed by atoms with E-state index in [9.17, 15) is 13.2 Å². The predicted octanol–water partition coefficient (Wildman–Crippen LogP) is 3.24. The van der Waals surface area contributed by atoms with Crippen LogP contribution in [0.5, 0.6) is 0 Å². The first-order chi connectivity index (χ1) is 5.55. The highest BCUT2D eigenvalue weighted by molar-refractivity contribution is 5.33. The molecule has 0 saturated carbocycles. The van der Waals surface area contributed by atoms with Gasteiger partial charge >= 0.3 is 6.18 Å². The van der Waals surface area contributed by atoms with Crippen LogP contribution in [0.4, 0.5) is 13.2 Å². The fourth-order valence-electron chi connectivity index (χ4n) is 1.13. The van der Waals surface area contributed by atoms with E-state index in [2.05, 4.69) is 0 Å². The third kappa shape index (κ3) is 1.78. The molecule has 12 heavy (non-hydrogen) atoms. The summed E-state index contributed by atoms with van der Waals surface area (Å²) in [5.74, 6) is -1.42. The maximum atomic E-state index is 12.3. The second kappa shape index (κ2) is 3.17. The van der Waals surface area contributed by atoms with Crippen LogP contribution in [0, 0.1) is 5.92 Å². The minimum absolute atomic E-state index is 0.310. The lowest BCUT2D eigenvalue weighted by Crippen LogP contribution is -2.23. The first-order valence-corrected chi connectivity index (χ1v) is 3.63. The van der Waals surface area contributed by atoms with Gasteiger partial charge in [0.2, 0.25) is 0 Å². The lowest BCUT2D eigenvalue weighted by molar-refractivity contribution is -0.150. The lowest BCUT2D eigenvalue weighted by atomic mass is 9.94. The highest BCUT2D eigenvalue weighted by Gasteiger charge is 2.39. The number of rotatable bonds is 0. The Bertz CT molecular complexity index is 243. The van der Waals surface area contributed by atoms with Crippen molar-refractivity contribution < 1.29 is 13.2 Å². The zero-order valence-electron chi connectivity index (χ0n) is 6.60. The number of hydrogen-bond acceptors (Lipinski definition) is 0. The molecule has 0 saturated heterocycles. The molecule has 0 fully saturated rings. The first-order valence-electron chi connectivity index (χ1n) is 3.63. The van der Waals surface area contributed by atoms with Gasteiger partial charge in [-0.1, -0.05) is 30.4 Å². The molecule has 0 aliphatic heterocycles. The Morgan fingerprint density at radius 2 is 2.00 bits per heavy atom. The average Bonchev–Trinajstić information content (AvgIpc) is 2.03. The molecule has 0 radical (unpaired) electrons. The Hall–Kier alpha value is -0.990. The van der Waals surface area contributed by atoms with Crippen LogP contribution in [-0.2, 0) is 0 Å². The molecule has 0 aromatic heterocycles. The topological polar surface area (TPSA) is 0 Å². The van der Waals surface area contributed by atoms with E-state index in [1.807, 2.05) is 0 Å². The summed E-state index contributed by atoms with van der Waals surface area (Å²) >= 11 is 0. The van der Waals surface area contributed by atoms with Crippen molar-refractivity contribution in [1.29, 1.82) is 0 Å². The summed E-state index contributed by atoms with van der Waals surface area (Å²) in [6.07, 6.45) is 3.00. The van der Waals surface area contributed by atoms with Crippen molar-refractivity contribution in [2.24, 2.45) is 5.92 Å². The van der Waals surface area contributed by atoms with Gasteiger partial charge in [0.05, 0.1) is 5.92 Å². The second-order valence-electron chi connectivity index (χ2n) is 2.55. The third-order valence-electron chi connectivity index (χ3n) is 1.75. The van der Waals surface area contributed by atoms with Crippen molar-refractivity contribution in [3.63, 3.8) is 0 Å². The van der Waals surface area contributed by atoms with Crippen LogP contribution >= 0.6 is 0 Å². The van der Waals surface area contributed by atoms with Gasteiger partial charge in [-0.3, -0.25) is 0 Å². The summed E-state index contributed by atoms with van der Waals surface area (Å²) in [6.45, 7) is 1.61. The van der Waals surface area contributed by atoms with Gasteiger partial charge in [-0.2, -0.15) is 13.2 Å². The molecule has 0 aromatic carbocycles. The molecule has 66 valence electrons. The first kappa shape index (κ1) is 9.10. The van der Waals surface area contributed by atoms with Gasteiger partial charge in [0.15, 0.2) is 0 Å². The van der Waals surface area contributed by atoms with Crippen molar-refractivity contribution in [2.45, 2.75) is 13.1 Å². The SMILES string of the molecule is C/C=C1/C=CC=CC1C(F)(F)F. The Labute approximate surface area is 69.1 Å². The van der Waals surface area contributed by atoms with Gasteiger partial charge in [-0.25, -0.2) is 0 Å². The summed E-state index contributed by atoms with van der Waals surface area (Å²) in [7, 11) is 0. The van der Waals surface area contributed by atoms with E-state index >= 15 is 0 Å². The molecule has 0 N–H and O–H groups in total. The van der Waals surface area contributed by atoms with Gasteiger partial charge in [0.25, 0.3) is 0 Å². The molecule has 1 aliphatic carbocycles. The van der Waals surface area contributed by atoms with E-state index in [1.165, 1.54) is 18.2 Å². The lowest BCUT2D eigenvalue weighted by Gasteiger charge is -2.19. The molecule has 0 bridgehead atoms. The molecule has 0 aromatic rings. The van der Waals surface area contributed by atoms with Crippen LogP contribution in [0.25, 0.3) is 0 Å². The largest absolute Gasteiger partial charge is 0.399 e. The van der Waals surface area contributed by atoms with E-state index in [0.717, 1.165) is 6.08 Å². The number of halogens is 3. The van der Waals surface area contributed by atoms with Crippen molar-refractivity contribution in [2.75, 3.05) is 0 Å². The van der Waals surface area contributed by atoms with Crippen LogP contribution in [0.15, 0.2) is 36.0 Å². The molecule has 0 heterocycles. The third-order valence-corrected chi connectivity index (χ3v) is 1.75. The monoisotopic (exact) mass is 174 g/mol. The molecule has 1 rings (SSSR count). The fourth-order valence-corrected chi connectivity index (χ4v) is 1.13. The molecule has 1 atom stereocenters. The second-order valence-corrected chi connectivity index (χ2v) is 2.55. The van der Waals surface area contributed by atoms with Gasteiger partial charge in [-0.05, 0) is 12.5 Å². The molecule has 0 nitrogen and oxygen atoms in total. The van der Waals surface area contributed by atoms with Crippen molar-refractivity contribution in [3.05, 3.63) is 36.0 Å². The minimum Gasteiger partial charge on any atom is -0.170 e. The molecular formula is C9H9F3. The van der Waals surface area contributed by atoms with Crippen LogP contribution < -0.4 is 0 Å². The van der Waals surface area contributed by atoms with E-state index in [-0.39, 0.29) is 0 Å². The number of hydrogen-bond donors (Lipinski definition) is 0. The molecule has 0 amide bonds. The minimum atomic E-state index is -4.16. The Morgan fingerprint density at radius 1 is 1.33 bits per heavy atom. The smallest absolute Gasteiger partial charge is 0.170 e. The summed E-state index contributed by atoms with van der Waals surface area (Å²) in [6, 6.07) is 0. The van der Waals surface area contributed by atoms with Gasteiger partial charge in [0, 0.05) is 0 Å². The Morgan fingerprint density at radius 3 is 2.42 bits per heavy atom. The van der Waals surface area contributed by atoms with Crippen LogP contribution in [-0.4, -0.2) is 6.18 Å². The summed E-state index contributed by atoms with van der Waals surface area (Å²) in [5, 5.41) is 0. The number of alkyl halides is 3. The molecule has 1 unspecified atom stereocenters. The fraction of sp³-hybridized carbons (Fsp3) is 0.333. The van der Waals surface area contributed by atoms with Gasteiger partial charge < -0.3 is 0 Å². The Balaban J connectivity index is 2.91. The Kier molecular flexibility index (Phi) is 2.40. The maximum Gasteiger partial charge on any atom is 0.399 e. The van der Waals surface area contributed by atoms with Crippen LogP contribution in [0.3, 0.4) is 0 Å². The average molecular weight is 174 g/mol. The summed E-state index contributed by atoms with van der Waals surface area (Å²) < 4.78 is 36.8. The number of allylic oxidation sites excluding steroid dienone is 6. The standard InChI is InChI=1S/C9H9F3/c1-2-7-5-3-4-6-8(7)9(10,11)12/h2-6,8H,1H3/b7-2-. The zero-order valence-corrected chi connectivity index (χ0v) is 6.60. The van der Waals surface area contributed by atoms with E-state index in [0.29, 0.717) is 5.57 Å². The van der Waals surface area contributed by atoms with Crippen molar-refractivity contribution in [1.82, 2.24) is 0 Å². The van der Waals surface area contributed by atoms with Gasteiger partial charge in [-0.15, -0.1) is 0 Å². The maximum absolute atomic E-state index is 12.3. The normalized spacial score (nSPS) is 26.7. The molecule has 3 heteroatoms. The van der Waals surface area contributed by atoms with Gasteiger partial charge in [0.1, 0.15) is 0 Å². The van der Waals surface area contributed by atoms with E-state index in [1.54, 1.807) is 13.0 Å². The summed E-state index contributed by atoms with van der Waals surface area (Å²) in [5.41, 5.74) is 0.310. The van der Waals surface area contributed by atoms with E-state index in [4.69, 9.17) is 0 Å². The highest BCUT2D eigenvalue weighted by atomic mass is 19.4. The molecular weight excluding hydrogens is 165 g/mol. The zero-order chi connectivity index (χ0) is 9.19. The molecule has 1 aliphatic rings.